The summed E-state index contributed by atoms with van der Waals surface area (Å²) in [5.74, 6) is 0. The maximum Gasteiger partial charge on any atom is 0.170 e. The number of para-hydroxylation sites is 1. The van der Waals surface area contributed by atoms with Crippen molar-refractivity contribution in [3.63, 3.8) is 0 Å². The molecule has 2 aromatic rings. The fourth-order valence-corrected chi connectivity index (χ4v) is 2.04. The van der Waals surface area contributed by atoms with Gasteiger partial charge in [-0.05, 0) is 47.7 Å². The number of rotatable bonds is 2. The van der Waals surface area contributed by atoms with Crippen molar-refractivity contribution in [2.45, 2.75) is 6.92 Å². The third-order valence-corrected chi connectivity index (χ3v) is 3.02. The second kappa shape index (κ2) is 4.14. The van der Waals surface area contributed by atoms with Crippen LogP contribution in [-0.4, -0.2) is 16.1 Å². The molecule has 0 saturated carbocycles. The highest BCUT2D eigenvalue weighted by Gasteiger charge is 2.07. The molecule has 0 fully saturated rings. The minimum absolute atomic E-state index is 0.465. The Morgan fingerprint density at radius 1 is 1.40 bits per heavy atom. The number of hydrogen-bond donors (Lipinski definition) is 0. The first-order chi connectivity index (χ1) is 7.22. The van der Waals surface area contributed by atoms with Crippen LogP contribution >= 0.6 is 22.6 Å². The van der Waals surface area contributed by atoms with Crippen molar-refractivity contribution in [3.8, 4) is 5.69 Å². The first-order valence-electron chi connectivity index (χ1n) is 4.49. The van der Waals surface area contributed by atoms with Crippen molar-refractivity contribution in [2.75, 3.05) is 0 Å². The maximum absolute atomic E-state index is 10.6. The Bertz CT molecular complexity index is 505. The van der Waals surface area contributed by atoms with Crippen LogP contribution < -0.4 is 0 Å². The second-order valence-electron chi connectivity index (χ2n) is 3.19. The van der Waals surface area contributed by atoms with Gasteiger partial charge in [0.1, 0.15) is 5.69 Å². The average molecular weight is 312 g/mol. The number of aldehydes is 1. The van der Waals surface area contributed by atoms with Gasteiger partial charge in [-0.3, -0.25) is 4.79 Å². The summed E-state index contributed by atoms with van der Waals surface area (Å²) >= 11 is 2.25. The van der Waals surface area contributed by atoms with Gasteiger partial charge in [-0.1, -0.05) is 12.1 Å². The molecular formula is C11H9IN2O. The zero-order chi connectivity index (χ0) is 10.8. The van der Waals surface area contributed by atoms with Gasteiger partial charge in [0.15, 0.2) is 6.29 Å². The Kier molecular flexibility index (Phi) is 2.86. The SMILES string of the molecule is Cc1cc(C=O)nn1-c1ccccc1I. The topological polar surface area (TPSA) is 34.9 Å². The number of aryl methyl sites for hydroxylation is 1. The highest BCUT2D eigenvalue weighted by molar-refractivity contribution is 14.1. The normalized spacial score (nSPS) is 10.3. The summed E-state index contributed by atoms with van der Waals surface area (Å²) in [5, 5.41) is 4.20. The Morgan fingerprint density at radius 2 is 2.13 bits per heavy atom. The average Bonchev–Trinajstić information content (AvgIpc) is 2.60. The van der Waals surface area contributed by atoms with Crippen molar-refractivity contribution in [1.29, 1.82) is 0 Å². The van der Waals surface area contributed by atoms with Crippen LogP contribution in [0.1, 0.15) is 16.2 Å². The molecule has 4 heteroatoms. The van der Waals surface area contributed by atoms with Crippen LogP contribution in [0.15, 0.2) is 30.3 Å². The van der Waals surface area contributed by atoms with Crippen molar-refractivity contribution in [1.82, 2.24) is 9.78 Å². The second-order valence-corrected chi connectivity index (χ2v) is 4.35. The van der Waals surface area contributed by atoms with Crippen molar-refractivity contribution in [3.05, 3.63) is 45.3 Å². The third kappa shape index (κ3) is 1.94. The summed E-state index contributed by atoms with van der Waals surface area (Å²) in [5.41, 5.74) is 2.43. The monoisotopic (exact) mass is 312 g/mol. The molecule has 0 aliphatic heterocycles. The molecule has 0 bridgehead atoms. The summed E-state index contributed by atoms with van der Waals surface area (Å²) in [4.78, 5) is 10.6. The van der Waals surface area contributed by atoms with E-state index in [4.69, 9.17) is 0 Å². The summed E-state index contributed by atoms with van der Waals surface area (Å²) < 4.78 is 2.89. The number of hydrogen-bond acceptors (Lipinski definition) is 2. The number of halogens is 1. The lowest BCUT2D eigenvalue weighted by Crippen LogP contribution is -2.01. The first kappa shape index (κ1) is 10.4. The smallest absolute Gasteiger partial charge is 0.170 e. The molecule has 0 atom stereocenters. The zero-order valence-corrected chi connectivity index (χ0v) is 10.3. The summed E-state index contributed by atoms with van der Waals surface area (Å²) in [7, 11) is 0. The molecule has 0 saturated heterocycles. The van der Waals surface area contributed by atoms with Gasteiger partial charge in [-0.25, -0.2) is 4.68 Å². The highest BCUT2D eigenvalue weighted by Crippen LogP contribution is 2.17. The molecule has 0 N–H and O–H groups in total. The number of benzene rings is 1. The minimum Gasteiger partial charge on any atom is -0.296 e. The lowest BCUT2D eigenvalue weighted by Gasteiger charge is -2.05. The molecular weight excluding hydrogens is 303 g/mol. The molecule has 0 spiro atoms. The largest absolute Gasteiger partial charge is 0.296 e. The third-order valence-electron chi connectivity index (χ3n) is 2.11. The molecule has 0 aliphatic carbocycles. The van der Waals surface area contributed by atoms with Crippen molar-refractivity contribution in [2.24, 2.45) is 0 Å². The van der Waals surface area contributed by atoms with E-state index in [1.165, 1.54) is 0 Å². The van der Waals surface area contributed by atoms with E-state index in [0.717, 1.165) is 21.2 Å². The molecule has 76 valence electrons. The van der Waals surface area contributed by atoms with Crippen LogP contribution in [0.2, 0.25) is 0 Å². The van der Waals surface area contributed by atoms with Gasteiger partial charge in [-0.2, -0.15) is 5.10 Å². The van der Waals surface area contributed by atoms with Gasteiger partial charge < -0.3 is 0 Å². The fraction of sp³-hybridized carbons (Fsp3) is 0.0909. The van der Waals surface area contributed by atoms with Gasteiger partial charge in [0.05, 0.1) is 5.69 Å². The van der Waals surface area contributed by atoms with Crippen LogP contribution in [0.4, 0.5) is 0 Å². The number of carbonyl (C=O) groups excluding carboxylic acids is 1. The molecule has 1 aromatic carbocycles. The Morgan fingerprint density at radius 3 is 2.73 bits per heavy atom. The highest BCUT2D eigenvalue weighted by atomic mass is 127. The van der Waals surface area contributed by atoms with Gasteiger partial charge in [-0.15, -0.1) is 0 Å². The van der Waals surface area contributed by atoms with E-state index < -0.39 is 0 Å². The van der Waals surface area contributed by atoms with Gasteiger partial charge >= 0.3 is 0 Å². The molecule has 0 aliphatic rings. The summed E-state index contributed by atoms with van der Waals surface area (Å²) in [6, 6.07) is 9.70. The van der Waals surface area contributed by atoms with Crippen molar-refractivity contribution < 1.29 is 4.79 Å². The fourth-order valence-electron chi connectivity index (χ4n) is 1.42. The summed E-state index contributed by atoms with van der Waals surface area (Å²) in [6.07, 6.45) is 0.763. The van der Waals surface area contributed by atoms with Crippen LogP contribution in [-0.2, 0) is 0 Å². The molecule has 1 heterocycles. The van der Waals surface area contributed by atoms with Crippen LogP contribution in [0.3, 0.4) is 0 Å². The Hall–Kier alpha value is -1.17. The van der Waals surface area contributed by atoms with E-state index in [1.807, 2.05) is 31.2 Å². The Balaban J connectivity index is 2.58. The molecule has 2 rings (SSSR count). The standard InChI is InChI=1S/C11H9IN2O/c1-8-6-9(7-15)13-14(8)11-5-3-2-4-10(11)12/h2-7H,1H3. The van der Waals surface area contributed by atoms with Gasteiger partial charge in [0.2, 0.25) is 0 Å². The van der Waals surface area contributed by atoms with Crippen LogP contribution in [0.25, 0.3) is 5.69 Å². The first-order valence-corrected chi connectivity index (χ1v) is 5.57. The van der Waals surface area contributed by atoms with Crippen LogP contribution in [0.5, 0.6) is 0 Å². The molecule has 0 radical (unpaired) electrons. The van der Waals surface area contributed by atoms with E-state index in [9.17, 15) is 4.79 Å². The molecule has 1 aromatic heterocycles. The van der Waals surface area contributed by atoms with E-state index in [-0.39, 0.29) is 0 Å². The van der Waals surface area contributed by atoms with Gasteiger partial charge in [0, 0.05) is 9.26 Å². The minimum atomic E-state index is 0.465. The van der Waals surface area contributed by atoms with Crippen LogP contribution in [0, 0.1) is 10.5 Å². The number of nitrogens with zero attached hydrogens (tertiary/aromatic N) is 2. The zero-order valence-electron chi connectivity index (χ0n) is 8.14. The lowest BCUT2D eigenvalue weighted by molar-refractivity contribution is 0.111. The maximum atomic E-state index is 10.6. The molecule has 3 nitrogen and oxygen atoms in total. The molecule has 15 heavy (non-hydrogen) atoms. The van der Waals surface area contributed by atoms with Gasteiger partial charge in [0.25, 0.3) is 0 Å². The number of aromatic nitrogens is 2. The predicted octanol–water partition coefficient (Wildman–Crippen LogP) is 2.60. The van der Waals surface area contributed by atoms with E-state index >= 15 is 0 Å². The van der Waals surface area contributed by atoms with E-state index in [1.54, 1.807) is 10.7 Å². The quantitative estimate of drug-likeness (QED) is 0.631. The Labute approximate surface area is 101 Å². The number of carbonyl (C=O) groups is 1. The predicted molar refractivity (Wildman–Crippen MR) is 66.4 cm³/mol. The van der Waals surface area contributed by atoms with Crippen molar-refractivity contribution >= 4 is 28.9 Å². The summed E-state index contributed by atoms with van der Waals surface area (Å²) in [6.45, 7) is 1.93. The van der Waals surface area contributed by atoms with E-state index in [2.05, 4.69) is 27.7 Å². The lowest BCUT2D eigenvalue weighted by atomic mass is 10.3. The molecule has 0 unspecified atom stereocenters. The molecule has 0 amide bonds. The van der Waals surface area contributed by atoms with E-state index in [0.29, 0.717) is 5.69 Å².